The normalized spacial score (nSPS) is 13.1. The summed E-state index contributed by atoms with van der Waals surface area (Å²) in [7, 11) is -5.98. The highest BCUT2D eigenvalue weighted by molar-refractivity contribution is 7.89. The number of carbonyl (C=O) groups excluding carboxylic acids is 2. The predicted molar refractivity (Wildman–Crippen MR) is 255 cm³/mol. The fraction of sp³-hybridized carbons (Fsp3) is 0.220. The van der Waals surface area contributed by atoms with Crippen molar-refractivity contribution in [3.63, 3.8) is 0 Å². The number of thiazole rings is 1. The van der Waals surface area contributed by atoms with Gasteiger partial charge >= 0.3 is 6.09 Å². The van der Waals surface area contributed by atoms with Crippen LogP contribution >= 0.6 is 11.3 Å². The monoisotopic (exact) mass is 896 g/mol. The Morgan fingerprint density at radius 3 is 1.87 bits per heavy atom. The quantitative estimate of drug-likeness (QED) is 0.0923. The van der Waals surface area contributed by atoms with Gasteiger partial charge in [-0.25, -0.2) is 27.8 Å². The van der Waals surface area contributed by atoms with Crippen LogP contribution in [0.1, 0.15) is 49.8 Å². The Morgan fingerprint density at radius 2 is 1.32 bits per heavy atom. The first-order chi connectivity index (χ1) is 30.3. The first-order valence-electron chi connectivity index (χ1n) is 20.8. The molecule has 0 radical (unpaired) electrons. The van der Waals surface area contributed by atoms with Crippen molar-refractivity contribution in [2.75, 3.05) is 18.6 Å². The Morgan fingerprint density at radius 1 is 0.778 bits per heavy atom. The summed E-state index contributed by atoms with van der Waals surface area (Å²) in [6, 6.07) is 49.3. The van der Waals surface area contributed by atoms with Crippen LogP contribution in [-0.4, -0.2) is 59.5 Å². The van der Waals surface area contributed by atoms with E-state index in [0.717, 1.165) is 31.1 Å². The standard InChI is InChI=1S/C50H52N4O6S2Si/c1-50(2,3)63(41-24-13-7-14-25-41,42-26-15-8-16-27-42)60-34-39(53-62(57,58)40-31-32-43-45(33-40)61-35-52-43)30-29-36-19-17-18-28-44(36)54(49(56)59-4)48(55)47(51)46(37-20-9-5-10-21-37)38-22-11-6-12-23-38/h5-28,31-33,35,39,46-47,53H,29-30,34,51H2,1-4H3/t39-,47-/m0/s1. The number of hydrogen-bond donors (Lipinski definition) is 2. The van der Waals surface area contributed by atoms with Crippen molar-refractivity contribution in [2.45, 2.75) is 61.5 Å². The molecular weight excluding hydrogens is 845 g/mol. The van der Waals surface area contributed by atoms with E-state index in [-0.39, 0.29) is 35.1 Å². The van der Waals surface area contributed by atoms with E-state index in [1.807, 2.05) is 109 Å². The largest absolute Gasteiger partial charge is 0.452 e. The molecule has 324 valence electrons. The van der Waals surface area contributed by atoms with E-state index in [4.69, 9.17) is 14.9 Å². The van der Waals surface area contributed by atoms with E-state index in [2.05, 4.69) is 54.7 Å². The minimum Gasteiger partial charge on any atom is -0.452 e. The van der Waals surface area contributed by atoms with Crippen molar-refractivity contribution in [2.24, 2.45) is 5.73 Å². The SMILES string of the molecule is COC(=O)N(C(=O)[C@@H](N)C(c1ccccc1)c1ccccc1)c1ccccc1CC[C@@H](CO[Si](c1ccccc1)(c1ccccc1)C(C)(C)C)NS(=O)(=O)c1ccc2ncsc2c1. The molecule has 0 fully saturated rings. The van der Waals surface area contributed by atoms with E-state index in [1.165, 1.54) is 18.4 Å². The number of methoxy groups -OCH3 is 1. The van der Waals surface area contributed by atoms with Crippen molar-refractivity contribution < 1.29 is 27.2 Å². The molecule has 13 heteroatoms. The lowest BCUT2D eigenvalue weighted by atomic mass is 9.84. The molecule has 0 bridgehead atoms. The minimum atomic E-state index is -4.09. The number of hydrogen-bond acceptors (Lipinski definition) is 9. The zero-order valence-corrected chi connectivity index (χ0v) is 38.4. The summed E-state index contributed by atoms with van der Waals surface area (Å²) in [5.74, 6) is -1.24. The molecule has 0 spiro atoms. The molecule has 3 N–H and O–H groups in total. The van der Waals surface area contributed by atoms with E-state index in [1.54, 1.807) is 35.8 Å². The Kier molecular flexibility index (Phi) is 14.2. The van der Waals surface area contributed by atoms with Gasteiger partial charge in [0.15, 0.2) is 0 Å². The minimum absolute atomic E-state index is 0.0256. The van der Waals surface area contributed by atoms with Crippen LogP contribution in [0.4, 0.5) is 10.5 Å². The summed E-state index contributed by atoms with van der Waals surface area (Å²) in [6.45, 7) is 6.53. The van der Waals surface area contributed by atoms with Crippen LogP contribution in [0.3, 0.4) is 0 Å². The number of benzene rings is 6. The molecule has 0 aliphatic heterocycles. The van der Waals surface area contributed by atoms with Gasteiger partial charge in [0.2, 0.25) is 10.0 Å². The molecule has 63 heavy (non-hydrogen) atoms. The number of anilines is 1. The van der Waals surface area contributed by atoms with Gasteiger partial charge in [0.25, 0.3) is 14.2 Å². The molecule has 6 aromatic carbocycles. The molecule has 1 heterocycles. The maximum atomic E-state index is 14.7. The second-order valence-corrected chi connectivity index (χ2v) is 23.3. The summed E-state index contributed by atoms with van der Waals surface area (Å²) in [4.78, 5) is 33.9. The molecule has 2 amide bonds. The van der Waals surface area contributed by atoms with Gasteiger partial charge in [-0.15, -0.1) is 11.3 Å². The first kappa shape index (κ1) is 45.2. The number of nitrogens with one attached hydrogen (secondary N) is 1. The fourth-order valence-electron chi connectivity index (χ4n) is 8.34. The maximum Gasteiger partial charge on any atom is 0.420 e. The molecule has 1 aromatic heterocycles. The Labute approximate surface area is 374 Å². The topological polar surface area (TPSA) is 141 Å². The highest BCUT2D eigenvalue weighted by atomic mass is 32.2. The fourth-order valence-corrected chi connectivity index (χ4v) is 15.0. The number of sulfonamides is 1. The third kappa shape index (κ3) is 9.89. The predicted octanol–water partition coefficient (Wildman–Crippen LogP) is 8.41. The number of aryl methyl sites for hydroxylation is 1. The van der Waals surface area contributed by atoms with E-state index in [0.29, 0.717) is 11.1 Å². The Bertz CT molecular complexity index is 2660. The number of fused-ring (bicyclic) bond motifs is 1. The molecule has 7 aromatic rings. The van der Waals surface area contributed by atoms with Crippen LogP contribution in [0, 0.1) is 0 Å². The molecule has 2 atom stereocenters. The molecule has 0 unspecified atom stereocenters. The molecule has 0 aliphatic rings. The average molecular weight is 897 g/mol. The average Bonchev–Trinajstić information content (AvgIpc) is 3.78. The van der Waals surface area contributed by atoms with Gasteiger partial charge in [0.1, 0.15) is 0 Å². The van der Waals surface area contributed by atoms with E-state index >= 15 is 0 Å². The van der Waals surface area contributed by atoms with Gasteiger partial charge in [-0.2, -0.15) is 0 Å². The lowest BCUT2D eigenvalue weighted by Gasteiger charge is -2.43. The van der Waals surface area contributed by atoms with Crippen molar-refractivity contribution in [3.05, 3.63) is 186 Å². The van der Waals surface area contributed by atoms with Crippen molar-refractivity contribution in [3.8, 4) is 0 Å². The van der Waals surface area contributed by atoms with Crippen LogP contribution in [-0.2, 0) is 30.4 Å². The summed E-state index contributed by atoms with van der Waals surface area (Å²) in [5.41, 5.74) is 11.8. The summed E-state index contributed by atoms with van der Waals surface area (Å²) < 4.78 is 45.0. The van der Waals surface area contributed by atoms with Crippen molar-refractivity contribution >= 4 is 68.0 Å². The second-order valence-electron chi connectivity index (χ2n) is 16.4. The van der Waals surface area contributed by atoms with Crippen LogP contribution in [0.2, 0.25) is 5.04 Å². The van der Waals surface area contributed by atoms with Crippen LogP contribution in [0.15, 0.2) is 174 Å². The summed E-state index contributed by atoms with van der Waals surface area (Å²) in [6.07, 6.45) is -0.407. The molecule has 7 rings (SSSR count). The van der Waals surface area contributed by atoms with Gasteiger partial charge in [-0.1, -0.05) is 160 Å². The third-order valence-electron chi connectivity index (χ3n) is 11.4. The number of nitrogens with two attached hydrogens (primary N) is 1. The number of imide groups is 1. The Hall–Kier alpha value is -5.80. The number of para-hydroxylation sites is 1. The Balaban J connectivity index is 1.25. The number of amides is 2. The van der Waals surface area contributed by atoms with E-state index in [9.17, 15) is 18.0 Å². The highest BCUT2D eigenvalue weighted by Crippen LogP contribution is 2.37. The number of nitrogens with zero attached hydrogens (tertiary/aromatic N) is 2. The number of ether oxygens (including phenoxy) is 1. The highest BCUT2D eigenvalue weighted by Gasteiger charge is 2.50. The van der Waals surface area contributed by atoms with Gasteiger partial charge in [0.05, 0.1) is 46.1 Å². The zero-order chi connectivity index (χ0) is 44.6. The van der Waals surface area contributed by atoms with E-state index < -0.39 is 48.3 Å². The zero-order valence-electron chi connectivity index (χ0n) is 35.8. The van der Waals surface area contributed by atoms with Crippen LogP contribution < -0.4 is 25.7 Å². The molecule has 10 nitrogen and oxygen atoms in total. The molecule has 0 saturated carbocycles. The smallest absolute Gasteiger partial charge is 0.420 e. The van der Waals surface area contributed by atoms with Gasteiger partial charge in [-0.05, 0) is 69.2 Å². The molecule has 0 saturated heterocycles. The third-order valence-corrected chi connectivity index (χ3v) is 18.7. The number of carbonyl (C=O) groups is 2. The van der Waals surface area contributed by atoms with Crippen molar-refractivity contribution in [1.82, 2.24) is 9.71 Å². The second kappa shape index (κ2) is 19.7. The number of aromatic nitrogens is 1. The maximum absolute atomic E-state index is 14.7. The lowest BCUT2D eigenvalue weighted by Crippen LogP contribution is -2.67. The van der Waals surface area contributed by atoms with Crippen LogP contribution in [0.25, 0.3) is 10.2 Å². The van der Waals surface area contributed by atoms with Gasteiger partial charge in [-0.3, -0.25) is 4.79 Å². The number of rotatable bonds is 16. The van der Waals surface area contributed by atoms with Gasteiger partial charge in [0, 0.05) is 12.0 Å². The lowest BCUT2D eigenvalue weighted by molar-refractivity contribution is -0.119. The van der Waals surface area contributed by atoms with Crippen LogP contribution in [0.5, 0.6) is 0 Å². The first-order valence-corrected chi connectivity index (χ1v) is 25.1. The van der Waals surface area contributed by atoms with Crippen molar-refractivity contribution in [1.29, 1.82) is 0 Å². The molecule has 0 aliphatic carbocycles. The molecular formula is C50H52N4O6S2Si. The summed E-state index contributed by atoms with van der Waals surface area (Å²) >= 11 is 1.37. The van der Waals surface area contributed by atoms with Gasteiger partial charge < -0.3 is 14.9 Å². The summed E-state index contributed by atoms with van der Waals surface area (Å²) in [5, 5.41) is 1.74.